The molecule has 8 heteroatoms. The summed E-state index contributed by atoms with van der Waals surface area (Å²) in [5.74, 6) is -0.956. The zero-order chi connectivity index (χ0) is 19.2. The Hall–Kier alpha value is -2.51. The lowest BCUT2D eigenvalue weighted by Gasteiger charge is -2.34. The van der Waals surface area contributed by atoms with Crippen LogP contribution in [0, 0.1) is 5.92 Å². The first kappa shape index (κ1) is 19.3. The van der Waals surface area contributed by atoms with E-state index in [0.29, 0.717) is 13.0 Å². The summed E-state index contributed by atoms with van der Waals surface area (Å²) < 4.78 is 4.85. The molecule has 2 atom stereocenters. The van der Waals surface area contributed by atoms with Gasteiger partial charge in [-0.3, -0.25) is 14.6 Å². The molecule has 8 nitrogen and oxygen atoms in total. The van der Waals surface area contributed by atoms with Crippen LogP contribution in [-0.2, 0) is 14.3 Å². The fourth-order valence-corrected chi connectivity index (χ4v) is 4.07. The van der Waals surface area contributed by atoms with E-state index in [0.717, 1.165) is 38.5 Å². The molecule has 0 spiro atoms. The van der Waals surface area contributed by atoms with Gasteiger partial charge in [0.1, 0.15) is 17.8 Å². The van der Waals surface area contributed by atoms with Gasteiger partial charge in [-0.15, -0.1) is 0 Å². The smallest absolute Gasteiger partial charge is 0.328 e. The maximum atomic E-state index is 13.3. The van der Waals surface area contributed by atoms with Crippen molar-refractivity contribution in [3.63, 3.8) is 0 Å². The van der Waals surface area contributed by atoms with Gasteiger partial charge in [0.15, 0.2) is 0 Å². The van der Waals surface area contributed by atoms with Crippen LogP contribution in [0.3, 0.4) is 0 Å². The van der Waals surface area contributed by atoms with Gasteiger partial charge in [-0.1, -0.05) is 19.3 Å². The summed E-state index contributed by atoms with van der Waals surface area (Å²) in [5, 5.41) is 2.87. The molecular weight excluding hydrogens is 348 g/mol. The summed E-state index contributed by atoms with van der Waals surface area (Å²) >= 11 is 0. The lowest BCUT2D eigenvalue weighted by atomic mass is 9.83. The van der Waals surface area contributed by atoms with Crippen molar-refractivity contribution in [2.75, 3.05) is 13.7 Å². The van der Waals surface area contributed by atoms with Gasteiger partial charge in [0.05, 0.1) is 13.3 Å². The first-order valence-corrected chi connectivity index (χ1v) is 9.57. The van der Waals surface area contributed by atoms with E-state index in [-0.39, 0.29) is 17.5 Å². The Morgan fingerprint density at radius 2 is 1.93 bits per heavy atom. The number of rotatable bonds is 5. The quantitative estimate of drug-likeness (QED) is 0.780. The van der Waals surface area contributed by atoms with E-state index in [1.165, 1.54) is 25.7 Å². The number of nitrogens with zero attached hydrogens (tertiary/aromatic N) is 3. The molecule has 2 aliphatic rings. The lowest BCUT2D eigenvalue weighted by Crippen LogP contribution is -2.55. The van der Waals surface area contributed by atoms with Crippen LogP contribution in [0.1, 0.15) is 55.4 Å². The third-order valence-electron chi connectivity index (χ3n) is 5.48. The number of esters is 1. The molecule has 1 N–H and O–H groups in total. The molecule has 146 valence electrons. The Balaban J connectivity index is 1.79. The molecule has 1 saturated carbocycles. The summed E-state index contributed by atoms with van der Waals surface area (Å²) in [7, 11) is 1.33. The van der Waals surface area contributed by atoms with Crippen molar-refractivity contribution >= 4 is 17.8 Å². The Morgan fingerprint density at radius 1 is 1.15 bits per heavy atom. The van der Waals surface area contributed by atoms with Crippen LogP contribution >= 0.6 is 0 Å². The van der Waals surface area contributed by atoms with Crippen molar-refractivity contribution in [1.29, 1.82) is 0 Å². The zero-order valence-corrected chi connectivity index (χ0v) is 15.6. The number of ether oxygens (including phenoxy) is 1. The van der Waals surface area contributed by atoms with Gasteiger partial charge in [-0.25, -0.2) is 9.78 Å². The first-order chi connectivity index (χ1) is 13.1. The first-order valence-electron chi connectivity index (χ1n) is 9.57. The number of aromatic nitrogens is 2. The van der Waals surface area contributed by atoms with Crippen molar-refractivity contribution in [2.45, 2.75) is 57.0 Å². The van der Waals surface area contributed by atoms with Gasteiger partial charge in [-0.2, -0.15) is 0 Å². The number of carbonyl (C=O) groups excluding carboxylic acids is 3. The van der Waals surface area contributed by atoms with Crippen molar-refractivity contribution in [3.05, 3.63) is 24.3 Å². The Morgan fingerprint density at radius 3 is 2.59 bits per heavy atom. The minimum absolute atomic E-state index is 0.0609. The number of amides is 2. The maximum Gasteiger partial charge on any atom is 0.328 e. The van der Waals surface area contributed by atoms with Crippen LogP contribution in [0.2, 0.25) is 0 Å². The van der Waals surface area contributed by atoms with Crippen molar-refractivity contribution in [3.8, 4) is 0 Å². The van der Waals surface area contributed by atoms with Gasteiger partial charge in [0, 0.05) is 18.9 Å². The van der Waals surface area contributed by atoms with Gasteiger partial charge in [-0.05, 0) is 31.6 Å². The topological polar surface area (TPSA) is 101 Å². The van der Waals surface area contributed by atoms with Crippen molar-refractivity contribution in [1.82, 2.24) is 20.2 Å². The molecule has 27 heavy (non-hydrogen) atoms. The third kappa shape index (κ3) is 4.43. The molecule has 1 aliphatic carbocycles. The highest BCUT2D eigenvalue weighted by Crippen LogP contribution is 2.29. The van der Waals surface area contributed by atoms with E-state index in [4.69, 9.17) is 4.74 Å². The van der Waals surface area contributed by atoms with E-state index in [9.17, 15) is 14.4 Å². The largest absolute Gasteiger partial charge is 0.467 e. The molecule has 1 saturated heterocycles. The van der Waals surface area contributed by atoms with E-state index in [2.05, 4.69) is 15.3 Å². The molecule has 1 aliphatic heterocycles. The summed E-state index contributed by atoms with van der Waals surface area (Å²) in [6.07, 6.45) is 10.6. The van der Waals surface area contributed by atoms with Crippen LogP contribution in [0.25, 0.3) is 0 Å². The fraction of sp³-hybridized carbons (Fsp3) is 0.632. The predicted molar refractivity (Wildman–Crippen MR) is 96.6 cm³/mol. The minimum atomic E-state index is -0.662. The number of nitrogens with one attached hydrogen (secondary N) is 1. The fourth-order valence-electron chi connectivity index (χ4n) is 4.07. The van der Waals surface area contributed by atoms with E-state index >= 15 is 0 Å². The average molecular weight is 374 g/mol. The van der Waals surface area contributed by atoms with E-state index in [1.807, 2.05) is 0 Å². The molecule has 1 aromatic heterocycles. The van der Waals surface area contributed by atoms with Gasteiger partial charge in [0.2, 0.25) is 5.91 Å². The Labute approximate surface area is 158 Å². The van der Waals surface area contributed by atoms with E-state index in [1.54, 1.807) is 4.90 Å². The second-order valence-corrected chi connectivity index (χ2v) is 7.15. The Bertz CT molecular complexity index is 676. The monoisotopic (exact) mass is 374 g/mol. The van der Waals surface area contributed by atoms with Crippen LogP contribution in [0.5, 0.6) is 0 Å². The van der Waals surface area contributed by atoms with Crippen LogP contribution in [0.4, 0.5) is 0 Å². The molecule has 0 bridgehead atoms. The maximum absolute atomic E-state index is 13.3. The van der Waals surface area contributed by atoms with Crippen molar-refractivity contribution < 1.29 is 19.1 Å². The summed E-state index contributed by atoms with van der Waals surface area (Å²) in [5.41, 5.74) is 0.178. The zero-order valence-electron chi connectivity index (χ0n) is 15.6. The molecule has 1 aromatic rings. The highest BCUT2D eigenvalue weighted by atomic mass is 16.5. The highest BCUT2D eigenvalue weighted by molar-refractivity contribution is 5.97. The summed E-state index contributed by atoms with van der Waals surface area (Å²) in [6.45, 7) is 0.503. The predicted octanol–water partition coefficient (Wildman–Crippen LogP) is 1.32. The third-order valence-corrected chi connectivity index (χ3v) is 5.48. The number of hydrogen-bond donors (Lipinski definition) is 1. The summed E-state index contributed by atoms with van der Waals surface area (Å²) in [6, 6.07) is -1.23. The standard InChI is InChI=1S/C19H26N4O4/c1-27-19(26)15-8-5-11-23(15)18(25)16(13-6-3-2-4-7-13)22-17(24)14-12-20-9-10-21-14/h9-10,12-13,15-16H,2-8,11H2,1H3,(H,22,24). The van der Waals surface area contributed by atoms with Gasteiger partial charge < -0.3 is 15.0 Å². The van der Waals surface area contributed by atoms with E-state index < -0.39 is 24.0 Å². The molecule has 2 fully saturated rings. The lowest BCUT2D eigenvalue weighted by molar-refractivity contribution is -0.152. The number of hydrogen-bond acceptors (Lipinski definition) is 6. The van der Waals surface area contributed by atoms with Crippen LogP contribution in [0.15, 0.2) is 18.6 Å². The molecule has 2 heterocycles. The molecule has 0 aromatic carbocycles. The Kier molecular flexibility index (Phi) is 6.36. The average Bonchev–Trinajstić information content (AvgIpc) is 3.22. The van der Waals surface area contributed by atoms with Crippen molar-refractivity contribution in [2.24, 2.45) is 5.92 Å². The molecule has 3 rings (SSSR count). The van der Waals surface area contributed by atoms with Gasteiger partial charge in [0.25, 0.3) is 5.91 Å². The minimum Gasteiger partial charge on any atom is -0.467 e. The molecule has 2 amide bonds. The van der Waals surface area contributed by atoms with Gasteiger partial charge >= 0.3 is 5.97 Å². The molecular formula is C19H26N4O4. The molecule has 2 unspecified atom stereocenters. The SMILES string of the molecule is COC(=O)C1CCCN1C(=O)C(NC(=O)c1cnccn1)C1CCCCC1. The highest BCUT2D eigenvalue weighted by Gasteiger charge is 2.41. The van der Waals surface area contributed by atoms with Crippen LogP contribution < -0.4 is 5.32 Å². The molecule has 0 radical (unpaired) electrons. The number of methoxy groups -OCH3 is 1. The number of likely N-dealkylation sites (tertiary alicyclic amines) is 1. The van der Waals surface area contributed by atoms with Crippen LogP contribution in [-0.4, -0.2) is 58.4 Å². The second-order valence-electron chi connectivity index (χ2n) is 7.15. The second kappa shape index (κ2) is 8.92. The summed E-state index contributed by atoms with van der Waals surface area (Å²) in [4.78, 5) is 47.5. The number of carbonyl (C=O) groups is 3. The normalized spacial score (nSPS) is 21.5.